The van der Waals surface area contributed by atoms with Crippen LogP contribution in [0, 0.1) is 35.0 Å². The molecule has 0 bridgehead atoms. The van der Waals surface area contributed by atoms with Crippen molar-refractivity contribution in [1.29, 1.82) is 5.26 Å². The van der Waals surface area contributed by atoms with E-state index < -0.39 is 18.2 Å². The molecule has 4 atom stereocenters. The van der Waals surface area contributed by atoms with Gasteiger partial charge in [-0.1, -0.05) is 42.3 Å². The number of aryl methyl sites for hydroxylation is 1. The van der Waals surface area contributed by atoms with Crippen molar-refractivity contribution in [2.24, 2.45) is 11.8 Å². The van der Waals surface area contributed by atoms with Gasteiger partial charge in [0.2, 0.25) is 0 Å². The van der Waals surface area contributed by atoms with Crippen LogP contribution in [-0.2, 0) is 18.3 Å². The molecule has 0 aromatic heterocycles. The van der Waals surface area contributed by atoms with Crippen molar-refractivity contribution in [2.75, 3.05) is 0 Å². The summed E-state index contributed by atoms with van der Waals surface area (Å²) in [5.74, 6) is 2.81. The largest absolute Gasteiger partial charge is 0.457 e. The molecular weight excluding hydrogens is 387 g/mol. The van der Waals surface area contributed by atoms with Crippen molar-refractivity contribution in [1.82, 2.24) is 0 Å². The first-order valence-electron chi connectivity index (χ1n) is 10.2. The van der Waals surface area contributed by atoms with E-state index in [1.165, 1.54) is 5.92 Å². The lowest BCUT2D eigenvalue weighted by Gasteiger charge is -2.52. The second kappa shape index (κ2) is 7.82. The highest BCUT2D eigenvalue weighted by Gasteiger charge is 2.51. The SMILES string of the molecule is N#Cc1ccc2c(c1)CC[C@@H]1[C@H](O)C(C#CC(F)(F)F)CCC21Cc1ccccc1. The third-order valence-corrected chi connectivity index (χ3v) is 6.69. The third kappa shape index (κ3) is 3.83. The van der Waals surface area contributed by atoms with Crippen molar-refractivity contribution in [3.8, 4) is 17.9 Å². The normalized spacial score (nSPS) is 27.8. The summed E-state index contributed by atoms with van der Waals surface area (Å²) in [6.07, 6.45) is -2.34. The van der Waals surface area contributed by atoms with E-state index in [1.807, 2.05) is 42.5 Å². The minimum Gasteiger partial charge on any atom is -0.392 e. The zero-order valence-electron chi connectivity index (χ0n) is 16.4. The van der Waals surface area contributed by atoms with Crippen molar-refractivity contribution >= 4 is 0 Å². The fourth-order valence-electron chi connectivity index (χ4n) is 5.43. The number of fused-ring (bicyclic) bond motifs is 3. The molecule has 2 nitrogen and oxygen atoms in total. The number of halogens is 3. The van der Waals surface area contributed by atoms with Gasteiger partial charge in [-0.05, 0) is 66.8 Å². The van der Waals surface area contributed by atoms with Crippen molar-refractivity contribution in [3.63, 3.8) is 0 Å². The predicted octanol–water partition coefficient (Wildman–Crippen LogP) is 4.94. The molecule has 2 aliphatic carbocycles. The first-order chi connectivity index (χ1) is 14.3. The third-order valence-electron chi connectivity index (χ3n) is 6.69. The van der Waals surface area contributed by atoms with Crippen molar-refractivity contribution in [2.45, 2.75) is 49.8 Å². The molecule has 0 amide bonds. The average Bonchev–Trinajstić information content (AvgIpc) is 2.73. The summed E-state index contributed by atoms with van der Waals surface area (Å²) in [6.45, 7) is 0. The minimum absolute atomic E-state index is 0.181. The number of alkyl halides is 3. The number of nitriles is 1. The van der Waals surface area contributed by atoms with Gasteiger partial charge in [0.05, 0.1) is 17.7 Å². The van der Waals surface area contributed by atoms with E-state index in [0.29, 0.717) is 37.7 Å². The van der Waals surface area contributed by atoms with E-state index in [4.69, 9.17) is 0 Å². The summed E-state index contributed by atoms with van der Waals surface area (Å²) in [5.41, 5.74) is 3.58. The van der Waals surface area contributed by atoms with Gasteiger partial charge in [0, 0.05) is 17.3 Å². The lowest BCUT2D eigenvalue weighted by atomic mass is 9.52. The molecule has 2 aromatic carbocycles. The molecule has 2 unspecified atom stereocenters. The van der Waals surface area contributed by atoms with E-state index in [0.717, 1.165) is 16.7 Å². The van der Waals surface area contributed by atoms with E-state index >= 15 is 0 Å². The molecule has 1 saturated carbocycles. The second-order valence-electron chi connectivity index (χ2n) is 8.35. The zero-order chi connectivity index (χ0) is 21.4. The van der Waals surface area contributed by atoms with Gasteiger partial charge < -0.3 is 5.11 Å². The molecular formula is C25H22F3NO. The number of aliphatic hydroxyl groups excluding tert-OH is 1. The molecule has 154 valence electrons. The predicted molar refractivity (Wildman–Crippen MR) is 107 cm³/mol. The van der Waals surface area contributed by atoms with E-state index in [9.17, 15) is 23.5 Å². The lowest BCUT2D eigenvalue weighted by Crippen LogP contribution is -2.52. The van der Waals surface area contributed by atoms with Gasteiger partial charge in [0.25, 0.3) is 0 Å². The molecule has 0 spiro atoms. The number of benzene rings is 2. The van der Waals surface area contributed by atoms with Crippen LogP contribution in [0.25, 0.3) is 0 Å². The summed E-state index contributed by atoms with van der Waals surface area (Å²) < 4.78 is 37.9. The zero-order valence-corrected chi connectivity index (χ0v) is 16.4. The Labute approximate surface area is 174 Å². The summed E-state index contributed by atoms with van der Waals surface area (Å²) in [6, 6.07) is 17.9. The summed E-state index contributed by atoms with van der Waals surface area (Å²) in [5, 5.41) is 20.4. The highest BCUT2D eigenvalue weighted by atomic mass is 19.4. The Balaban J connectivity index is 1.77. The number of hydrogen-bond donors (Lipinski definition) is 1. The molecule has 4 rings (SSSR count). The lowest BCUT2D eigenvalue weighted by molar-refractivity contribution is -0.0703. The minimum atomic E-state index is -4.55. The molecule has 0 saturated heterocycles. The maximum Gasteiger partial charge on any atom is 0.457 e. The maximum atomic E-state index is 12.6. The monoisotopic (exact) mass is 409 g/mol. The Morgan fingerprint density at radius 3 is 2.57 bits per heavy atom. The van der Waals surface area contributed by atoms with Gasteiger partial charge in [0.15, 0.2) is 0 Å². The van der Waals surface area contributed by atoms with Crippen LogP contribution in [-0.4, -0.2) is 17.4 Å². The molecule has 1 N–H and O–H groups in total. The summed E-state index contributed by atoms with van der Waals surface area (Å²) in [7, 11) is 0. The van der Waals surface area contributed by atoms with Crippen LogP contribution in [0.2, 0.25) is 0 Å². The van der Waals surface area contributed by atoms with Gasteiger partial charge >= 0.3 is 6.18 Å². The molecule has 1 fully saturated rings. The smallest absolute Gasteiger partial charge is 0.392 e. The highest BCUT2D eigenvalue weighted by Crippen LogP contribution is 2.53. The van der Waals surface area contributed by atoms with E-state index in [1.54, 1.807) is 6.07 Å². The molecule has 30 heavy (non-hydrogen) atoms. The van der Waals surface area contributed by atoms with Crippen LogP contribution in [0.4, 0.5) is 13.2 Å². The van der Waals surface area contributed by atoms with Crippen LogP contribution in [0.15, 0.2) is 48.5 Å². The maximum absolute atomic E-state index is 12.6. The number of hydrogen-bond acceptors (Lipinski definition) is 2. The molecule has 2 aliphatic rings. The van der Waals surface area contributed by atoms with Gasteiger partial charge in [0.1, 0.15) is 0 Å². The summed E-state index contributed by atoms with van der Waals surface area (Å²) in [4.78, 5) is 0. The topological polar surface area (TPSA) is 44.0 Å². The number of rotatable bonds is 2. The number of aliphatic hydroxyl groups is 1. The standard InChI is InChI=1S/C25H22F3NO/c26-25(27,28)13-11-19-10-12-24(15-17-4-2-1-3-5-17)21-8-6-18(16-29)14-20(21)7-9-22(24)23(19)30/h1-6,8,14,19,22-23,30H,7,9-10,12,15H2/t19?,22-,23-,24?/m1/s1. The van der Waals surface area contributed by atoms with Crippen LogP contribution in [0.1, 0.15) is 41.5 Å². The highest BCUT2D eigenvalue weighted by molar-refractivity contribution is 5.46. The first-order valence-corrected chi connectivity index (χ1v) is 10.2. The molecule has 0 radical (unpaired) electrons. The Morgan fingerprint density at radius 2 is 1.87 bits per heavy atom. The molecule has 0 heterocycles. The Bertz CT molecular complexity index is 1030. The van der Waals surface area contributed by atoms with Crippen molar-refractivity contribution in [3.05, 3.63) is 70.8 Å². The first kappa shape index (κ1) is 20.5. The molecule has 5 heteroatoms. The van der Waals surface area contributed by atoms with E-state index in [-0.39, 0.29) is 11.3 Å². The Hall–Kier alpha value is -2.76. The summed E-state index contributed by atoms with van der Waals surface area (Å²) >= 11 is 0. The average molecular weight is 409 g/mol. The van der Waals surface area contributed by atoms with Crippen LogP contribution >= 0.6 is 0 Å². The van der Waals surface area contributed by atoms with Crippen molar-refractivity contribution < 1.29 is 18.3 Å². The fraction of sp³-hybridized carbons (Fsp3) is 0.400. The van der Waals surface area contributed by atoms with E-state index in [2.05, 4.69) is 12.0 Å². The van der Waals surface area contributed by atoms with Crippen LogP contribution < -0.4 is 0 Å². The number of nitrogens with zero attached hydrogens (tertiary/aromatic N) is 1. The molecule has 0 aliphatic heterocycles. The Kier molecular flexibility index (Phi) is 5.35. The quantitative estimate of drug-likeness (QED) is 0.715. The Morgan fingerprint density at radius 1 is 1.10 bits per heavy atom. The van der Waals surface area contributed by atoms with Crippen LogP contribution in [0.3, 0.4) is 0 Å². The fourth-order valence-corrected chi connectivity index (χ4v) is 5.43. The van der Waals surface area contributed by atoms with Gasteiger partial charge in [-0.15, -0.1) is 0 Å². The second-order valence-corrected chi connectivity index (χ2v) is 8.35. The van der Waals surface area contributed by atoms with Gasteiger partial charge in [-0.25, -0.2) is 0 Å². The van der Waals surface area contributed by atoms with Crippen LogP contribution in [0.5, 0.6) is 0 Å². The van der Waals surface area contributed by atoms with Gasteiger partial charge in [-0.3, -0.25) is 0 Å². The molecule has 2 aromatic rings. The van der Waals surface area contributed by atoms with Gasteiger partial charge in [-0.2, -0.15) is 18.4 Å².